The minimum atomic E-state index is -0.357. The Morgan fingerprint density at radius 2 is 1.96 bits per heavy atom. The van der Waals surface area contributed by atoms with E-state index in [9.17, 15) is 9.59 Å². The number of furan rings is 1. The summed E-state index contributed by atoms with van der Waals surface area (Å²) in [7, 11) is 0. The summed E-state index contributed by atoms with van der Waals surface area (Å²) in [6, 6.07) is 10.2. The predicted octanol–water partition coefficient (Wildman–Crippen LogP) is 2.95. The molecule has 0 aliphatic carbocycles. The molecule has 0 unspecified atom stereocenters. The maximum atomic E-state index is 12.4. The highest BCUT2D eigenvalue weighted by molar-refractivity contribution is 5.92. The van der Waals surface area contributed by atoms with E-state index in [-0.39, 0.29) is 29.1 Å². The summed E-state index contributed by atoms with van der Waals surface area (Å²) in [5.74, 6) is 0.504. The topological polar surface area (TPSA) is 88.0 Å². The summed E-state index contributed by atoms with van der Waals surface area (Å²) in [6.45, 7) is 6.01. The van der Waals surface area contributed by atoms with Gasteiger partial charge < -0.3 is 9.73 Å². The van der Waals surface area contributed by atoms with Crippen LogP contribution in [0.3, 0.4) is 0 Å². The molecular weight excluding hydrogens is 306 g/mol. The van der Waals surface area contributed by atoms with Crippen LogP contribution in [0.2, 0.25) is 0 Å². The van der Waals surface area contributed by atoms with Crippen LogP contribution in [0.4, 0.5) is 0 Å². The second kappa shape index (κ2) is 6.31. The summed E-state index contributed by atoms with van der Waals surface area (Å²) in [4.78, 5) is 23.5. The number of hydrogen-bond acceptors (Lipinski definition) is 4. The maximum Gasteiger partial charge on any atom is 0.272 e. The average Bonchev–Trinajstić information content (AvgIpc) is 2.90. The number of nitrogens with one attached hydrogen (secondary N) is 2. The average molecular weight is 325 g/mol. The quantitative estimate of drug-likeness (QED) is 0.772. The largest absolute Gasteiger partial charge is 0.459 e. The van der Waals surface area contributed by atoms with Crippen molar-refractivity contribution in [1.82, 2.24) is 15.5 Å². The zero-order valence-electron chi connectivity index (χ0n) is 13.8. The molecule has 1 amide bonds. The van der Waals surface area contributed by atoms with Gasteiger partial charge in [-0.05, 0) is 25.0 Å². The van der Waals surface area contributed by atoms with Crippen molar-refractivity contribution in [1.29, 1.82) is 0 Å². The number of carbonyl (C=O) groups is 1. The van der Waals surface area contributed by atoms with Gasteiger partial charge in [0.2, 0.25) is 0 Å². The Kier molecular flexibility index (Phi) is 4.20. The van der Waals surface area contributed by atoms with Gasteiger partial charge in [0, 0.05) is 17.0 Å². The van der Waals surface area contributed by atoms with Crippen LogP contribution in [0.1, 0.15) is 41.7 Å². The highest BCUT2D eigenvalue weighted by atomic mass is 16.3. The third kappa shape index (κ3) is 2.95. The number of fused-ring (bicyclic) bond motifs is 1. The van der Waals surface area contributed by atoms with Crippen molar-refractivity contribution in [3.63, 3.8) is 0 Å². The van der Waals surface area contributed by atoms with Gasteiger partial charge in [-0.2, -0.15) is 5.10 Å². The number of aromatic amines is 1. The molecule has 2 heterocycles. The molecule has 0 fully saturated rings. The normalized spacial score (nSPS) is 12.5. The lowest BCUT2D eigenvalue weighted by Gasteiger charge is -2.21. The highest BCUT2D eigenvalue weighted by Gasteiger charge is 2.25. The molecule has 0 aliphatic rings. The van der Waals surface area contributed by atoms with Gasteiger partial charge >= 0.3 is 0 Å². The van der Waals surface area contributed by atoms with E-state index in [1.807, 2.05) is 45.0 Å². The molecule has 6 nitrogen and oxygen atoms in total. The first-order valence-electron chi connectivity index (χ1n) is 7.82. The minimum absolute atomic E-state index is 0.121. The van der Waals surface area contributed by atoms with Gasteiger partial charge in [0.05, 0.1) is 6.04 Å². The fourth-order valence-corrected chi connectivity index (χ4v) is 2.71. The van der Waals surface area contributed by atoms with E-state index in [4.69, 9.17) is 4.42 Å². The van der Waals surface area contributed by atoms with Gasteiger partial charge in [-0.3, -0.25) is 9.59 Å². The monoisotopic (exact) mass is 325 g/mol. The predicted molar refractivity (Wildman–Crippen MR) is 90.9 cm³/mol. The number of aryl methyl sites for hydroxylation is 1. The number of rotatable bonds is 4. The van der Waals surface area contributed by atoms with Crippen molar-refractivity contribution in [2.75, 3.05) is 0 Å². The molecule has 3 aromatic rings. The van der Waals surface area contributed by atoms with E-state index >= 15 is 0 Å². The molecule has 2 aromatic heterocycles. The molecular formula is C18H19N3O3. The summed E-state index contributed by atoms with van der Waals surface area (Å²) < 4.78 is 5.99. The fourth-order valence-electron chi connectivity index (χ4n) is 2.71. The molecule has 1 aromatic carbocycles. The summed E-state index contributed by atoms with van der Waals surface area (Å²) in [6.07, 6.45) is 0. The van der Waals surface area contributed by atoms with Crippen LogP contribution in [-0.2, 0) is 0 Å². The van der Waals surface area contributed by atoms with E-state index in [1.165, 1.54) is 12.1 Å². The van der Waals surface area contributed by atoms with Gasteiger partial charge in [-0.15, -0.1) is 0 Å². The van der Waals surface area contributed by atoms with E-state index in [0.29, 0.717) is 0 Å². The van der Waals surface area contributed by atoms with Gasteiger partial charge in [-0.25, -0.2) is 5.10 Å². The van der Waals surface area contributed by atoms with E-state index in [1.54, 1.807) is 0 Å². The molecule has 0 bridgehead atoms. The SMILES string of the molecule is Cc1c([C@@H](NC(=O)c2ccc(=O)[nH]n2)C(C)C)oc2ccccc12. The lowest BCUT2D eigenvalue weighted by molar-refractivity contribution is 0.0912. The van der Waals surface area contributed by atoms with E-state index in [0.717, 1.165) is 22.3 Å². The maximum absolute atomic E-state index is 12.4. The van der Waals surface area contributed by atoms with E-state index in [2.05, 4.69) is 15.5 Å². The zero-order chi connectivity index (χ0) is 17.3. The third-order valence-corrected chi connectivity index (χ3v) is 4.03. The Morgan fingerprint density at radius 3 is 2.58 bits per heavy atom. The van der Waals surface area contributed by atoms with Crippen LogP contribution in [0.25, 0.3) is 11.0 Å². The van der Waals surface area contributed by atoms with Crippen LogP contribution in [-0.4, -0.2) is 16.1 Å². The Bertz CT molecular complexity index is 920. The van der Waals surface area contributed by atoms with Crippen molar-refractivity contribution in [3.8, 4) is 0 Å². The molecule has 0 saturated carbocycles. The molecule has 24 heavy (non-hydrogen) atoms. The summed E-state index contributed by atoms with van der Waals surface area (Å²) >= 11 is 0. The van der Waals surface area contributed by atoms with Crippen LogP contribution in [0, 0.1) is 12.8 Å². The second-order valence-corrected chi connectivity index (χ2v) is 6.09. The molecule has 0 aliphatic heterocycles. The lowest BCUT2D eigenvalue weighted by atomic mass is 9.98. The molecule has 124 valence electrons. The highest BCUT2D eigenvalue weighted by Crippen LogP contribution is 2.32. The van der Waals surface area contributed by atoms with E-state index < -0.39 is 0 Å². The van der Waals surface area contributed by atoms with Crippen molar-refractivity contribution in [2.24, 2.45) is 5.92 Å². The fraction of sp³-hybridized carbons (Fsp3) is 0.278. The second-order valence-electron chi connectivity index (χ2n) is 6.09. The number of para-hydroxylation sites is 1. The number of amides is 1. The molecule has 0 spiro atoms. The number of hydrogen-bond donors (Lipinski definition) is 2. The van der Waals surface area contributed by atoms with Gasteiger partial charge in [0.1, 0.15) is 17.0 Å². The number of nitrogens with zero attached hydrogens (tertiary/aromatic N) is 1. The zero-order valence-corrected chi connectivity index (χ0v) is 13.8. The summed E-state index contributed by atoms with van der Waals surface area (Å²) in [5, 5.41) is 10.0. The molecule has 2 N–H and O–H groups in total. The third-order valence-electron chi connectivity index (χ3n) is 4.03. The van der Waals surface area contributed by atoms with Crippen LogP contribution < -0.4 is 10.9 Å². The lowest BCUT2D eigenvalue weighted by Crippen LogP contribution is -2.33. The Hall–Kier alpha value is -2.89. The number of H-pyrrole nitrogens is 1. The van der Waals surface area contributed by atoms with Crippen LogP contribution >= 0.6 is 0 Å². The van der Waals surface area contributed by atoms with Crippen LogP contribution in [0.5, 0.6) is 0 Å². The first-order chi connectivity index (χ1) is 11.5. The van der Waals surface area contributed by atoms with Crippen molar-refractivity contribution >= 4 is 16.9 Å². The molecule has 0 saturated heterocycles. The molecule has 3 rings (SSSR count). The standard InChI is InChI=1S/C18H19N3O3/c1-10(2)16(19-18(23)13-8-9-15(22)21-20-13)17-11(3)12-6-4-5-7-14(12)24-17/h4-10,16H,1-3H3,(H,19,23)(H,21,22)/t16-/m0/s1. The molecule has 6 heteroatoms. The first kappa shape index (κ1) is 16.0. The van der Waals surface area contributed by atoms with Crippen molar-refractivity contribution in [3.05, 3.63) is 63.8 Å². The van der Waals surface area contributed by atoms with Crippen LogP contribution in [0.15, 0.2) is 45.6 Å². The Balaban J connectivity index is 1.94. The number of aromatic nitrogens is 2. The minimum Gasteiger partial charge on any atom is -0.459 e. The Morgan fingerprint density at radius 1 is 1.21 bits per heavy atom. The smallest absolute Gasteiger partial charge is 0.272 e. The van der Waals surface area contributed by atoms with Gasteiger partial charge in [-0.1, -0.05) is 32.0 Å². The van der Waals surface area contributed by atoms with Crippen molar-refractivity contribution in [2.45, 2.75) is 26.8 Å². The van der Waals surface area contributed by atoms with Gasteiger partial charge in [0.15, 0.2) is 0 Å². The summed E-state index contributed by atoms with van der Waals surface area (Å²) in [5.41, 5.74) is 1.63. The first-order valence-corrected chi connectivity index (χ1v) is 7.82. The van der Waals surface area contributed by atoms with Crippen molar-refractivity contribution < 1.29 is 9.21 Å². The number of benzene rings is 1. The molecule has 0 radical (unpaired) electrons. The number of carbonyl (C=O) groups excluding carboxylic acids is 1. The van der Waals surface area contributed by atoms with Gasteiger partial charge in [0.25, 0.3) is 11.5 Å². The Labute approximate surface area is 138 Å². The molecule has 1 atom stereocenters.